The van der Waals surface area contributed by atoms with E-state index in [0.29, 0.717) is 52.4 Å². The number of nitrogens with zero attached hydrogens (tertiary/aromatic N) is 4. The van der Waals surface area contributed by atoms with Crippen LogP contribution in [-0.4, -0.2) is 60.2 Å². The Bertz CT molecular complexity index is 1070. The molecule has 0 saturated heterocycles. The van der Waals surface area contributed by atoms with Gasteiger partial charge in [0.15, 0.2) is 11.3 Å². The number of oxazole rings is 1. The minimum absolute atomic E-state index is 0.201. The predicted molar refractivity (Wildman–Crippen MR) is 113 cm³/mol. The summed E-state index contributed by atoms with van der Waals surface area (Å²) in [7, 11) is 0. The number of aromatic nitrogens is 4. The second kappa shape index (κ2) is 7.70. The van der Waals surface area contributed by atoms with Crippen molar-refractivity contribution in [3.63, 3.8) is 0 Å². The smallest absolute Gasteiger partial charge is 0.232 e. The average Bonchev–Trinajstić information content (AvgIpc) is 3.42. The van der Waals surface area contributed by atoms with Crippen LogP contribution >= 0.6 is 0 Å². The zero-order valence-corrected chi connectivity index (χ0v) is 17.2. The van der Waals surface area contributed by atoms with E-state index in [2.05, 4.69) is 30.6 Å². The Labute approximate surface area is 178 Å². The van der Waals surface area contributed by atoms with Crippen molar-refractivity contribution in [1.82, 2.24) is 19.9 Å². The summed E-state index contributed by atoms with van der Waals surface area (Å²) in [5.74, 6) is 1.27. The second-order valence-electron chi connectivity index (χ2n) is 8.52. The summed E-state index contributed by atoms with van der Waals surface area (Å²) in [6.07, 6.45) is 5.23. The number of fused-ring (bicyclic) bond motifs is 1. The molecule has 10 nitrogen and oxygen atoms in total. The Kier molecular flexibility index (Phi) is 4.99. The van der Waals surface area contributed by atoms with Crippen LogP contribution in [0.15, 0.2) is 22.9 Å². The molecule has 3 atom stereocenters. The van der Waals surface area contributed by atoms with Crippen molar-refractivity contribution in [3.05, 3.63) is 24.2 Å². The second-order valence-corrected chi connectivity index (χ2v) is 8.52. The lowest BCUT2D eigenvalue weighted by Crippen LogP contribution is -2.48. The van der Waals surface area contributed by atoms with Crippen molar-refractivity contribution in [2.45, 2.75) is 44.4 Å². The van der Waals surface area contributed by atoms with Gasteiger partial charge in [-0.15, -0.1) is 0 Å². The Balaban J connectivity index is 1.55. The van der Waals surface area contributed by atoms with Gasteiger partial charge in [-0.05, 0) is 38.5 Å². The number of nitrogens with one attached hydrogen (secondary N) is 2. The molecule has 0 spiro atoms. The summed E-state index contributed by atoms with van der Waals surface area (Å²) >= 11 is 0. The summed E-state index contributed by atoms with van der Waals surface area (Å²) in [6, 6.07) is 1.72. The van der Waals surface area contributed by atoms with Crippen molar-refractivity contribution in [2.24, 2.45) is 11.8 Å². The predicted octanol–water partition coefficient (Wildman–Crippen LogP) is 1.67. The summed E-state index contributed by atoms with van der Waals surface area (Å²) < 4.78 is 5.91. The summed E-state index contributed by atoms with van der Waals surface area (Å²) in [5, 5.41) is 37.5. The Morgan fingerprint density at radius 1 is 1.23 bits per heavy atom. The van der Waals surface area contributed by atoms with Gasteiger partial charge >= 0.3 is 0 Å². The summed E-state index contributed by atoms with van der Waals surface area (Å²) in [4.78, 5) is 17.7. The van der Waals surface area contributed by atoms with Crippen molar-refractivity contribution in [3.8, 4) is 11.5 Å². The first-order chi connectivity index (χ1) is 15.0. The number of aliphatic hydroxyl groups excluding tert-OH is 2. The third-order valence-corrected chi connectivity index (χ3v) is 6.14. The van der Waals surface area contributed by atoms with Crippen LogP contribution in [0.2, 0.25) is 0 Å². The Morgan fingerprint density at radius 2 is 2.06 bits per heavy atom. The van der Waals surface area contributed by atoms with Gasteiger partial charge in [0.05, 0.1) is 11.9 Å². The first kappa shape index (κ1) is 20.1. The minimum Gasteiger partial charge on any atom is -0.436 e. The van der Waals surface area contributed by atoms with Crippen LogP contribution in [0.25, 0.3) is 22.6 Å². The Hall–Kier alpha value is -2.82. The van der Waals surface area contributed by atoms with Gasteiger partial charge < -0.3 is 30.4 Å². The fraction of sp³-hybridized carbons (Fsp3) is 0.524. The van der Waals surface area contributed by atoms with Crippen LogP contribution < -0.4 is 10.6 Å². The molecule has 31 heavy (non-hydrogen) atoms. The van der Waals surface area contributed by atoms with Crippen molar-refractivity contribution < 1.29 is 19.7 Å². The number of hydrogen-bond acceptors (Lipinski definition) is 10. The van der Waals surface area contributed by atoms with E-state index >= 15 is 0 Å². The lowest BCUT2D eigenvalue weighted by molar-refractivity contribution is -0.0545. The van der Waals surface area contributed by atoms with Crippen molar-refractivity contribution in [2.75, 3.05) is 23.8 Å². The monoisotopic (exact) mass is 426 g/mol. The number of anilines is 2. The first-order valence-corrected chi connectivity index (χ1v) is 10.6. The van der Waals surface area contributed by atoms with E-state index in [-0.39, 0.29) is 13.0 Å². The van der Waals surface area contributed by atoms with Crippen LogP contribution in [-0.2, 0) is 0 Å². The number of pyridine rings is 1. The van der Waals surface area contributed by atoms with Gasteiger partial charge in [-0.25, -0.2) is 9.97 Å². The molecule has 0 aliphatic heterocycles. The maximum Gasteiger partial charge on any atom is 0.232 e. The standard InChI is InChI=1S/C21H26N6O4/c1-11-16(19-25-14-9-22-7-5-15(14)31-19)18(26-20(24-11)23-8-12-2-3-12)27-21(30)6-4-13(10-28)17(21)29/h5,7,9,12-13,17,28-30H,2-4,6,8,10H2,1H3,(H2,23,24,26,27). The molecule has 0 aromatic carbocycles. The highest BCUT2D eigenvalue weighted by molar-refractivity contribution is 5.80. The van der Waals surface area contributed by atoms with Crippen LogP contribution in [0.4, 0.5) is 11.8 Å². The van der Waals surface area contributed by atoms with Gasteiger partial charge in [-0.3, -0.25) is 4.98 Å². The number of hydrogen-bond donors (Lipinski definition) is 5. The lowest BCUT2D eigenvalue weighted by atomic mass is 10.0. The maximum atomic E-state index is 11.1. The molecule has 164 valence electrons. The van der Waals surface area contributed by atoms with E-state index in [0.717, 1.165) is 6.54 Å². The highest BCUT2D eigenvalue weighted by Crippen LogP contribution is 2.39. The summed E-state index contributed by atoms with van der Waals surface area (Å²) in [5.41, 5.74) is 0.654. The molecule has 3 aromatic rings. The van der Waals surface area contributed by atoms with Gasteiger partial charge in [-0.2, -0.15) is 4.98 Å². The molecule has 2 fully saturated rings. The lowest BCUT2D eigenvalue weighted by Gasteiger charge is -2.30. The van der Waals surface area contributed by atoms with Gasteiger partial charge in [0.2, 0.25) is 11.8 Å². The molecule has 3 unspecified atom stereocenters. The van der Waals surface area contributed by atoms with E-state index in [9.17, 15) is 15.3 Å². The average molecular weight is 426 g/mol. The van der Waals surface area contributed by atoms with Crippen LogP contribution in [0, 0.1) is 18.8 Å². The van der Waals surface area contributed by atoms with Crippen molar-refractivity contribution >= 4 is 22.9 Å². The van der Waals surface area contributed by atoms with E-state index in [4.69, 9.17) is 4.42 Å². The topological polar surface area (TPSA) is 149 Å². The number of aryl methyl sites for hydroxylation is 1. The number of aliphatic hydroxyl groups is 3. The minimum atomic E-state index is -1.63. The molecule has 0 amide bonds. The molecule has 3 aromatic heterocycles. The van der Waals surface area contributed by atoms with Gasteiger partial charge in [0, 0.05) is 31.3 Å². The molecular formula is C21H26N6O4. The fourth-order valence-electron chi connectivity index (χ4n) is 4.08. The molecule has 3 heterocycles. The van der Waals surface area contributed by atoms with Crippen LogP contribution in [0.5, 0.6) is 0 Å². The molecule has 2 aliphatic carbocycles. The van der Waals surface area contributed by atoms with Gasteiger partial charge in [-0.1, -0.05) is 0 Å². The third kappa shape index (κ3) is 3.82. The molecule has 10 heteroatoms. The maximum absolute atomic E-state index is 11.1. The van der Waals surface area contributed by atoms with E-state index < -0.39 is 17.7 Å². The van der Waals surface area contributed by atoms with Crippen molar-refractivity contribution in [1.29, 1.82) is 0 Å². The molecular weight excluding hydrogens is 400 g/mol. The molecule has 0 radical (unpaired) electrons. The van der Waals surface area contributed by atoms with Crippen LogP contribution in [0.3, 0.4) is 0 Å². The third-order valence-electron chi connectivity index (χ3n) is 6.14. The largest absolute Gasteiger partial charge is 0.436 e. The zero-order valence-electron chi connectivity index (χ0n) is 17.2. The molecule has 5 N–H and O–H groups in total. The summed E-state index contributed by atoms with van der Waals surface area (Å²) in [6.45, 7) is 2.41. The normalized spacial score (nSPS) is 25.8. The van der Waals surface area contributed by atoms with E-state index in [1.807, 2.05) is 6.92 Å². The van der Waals surface area contributed by atoms with Gasteiger partial charge in [0.1, 0.15) is 23.0 Å². The molecule has 2 aliphatic rings. The van der Waals surface area contributed by atoms with E-state index in [1.54, 1.807) is 18.5 Å². The number of rotatable bonds is 7. The zero-order chi connectivity index (χ0) is 21.6. The van der Waals surface area contributed by atoms with E-state index in [1.165, 1.54) is 12.8 Å². The van der Waals surface area contributed by atoms with Gasteiger partial charge in [0.25, 0.3) is 0 Å². The fourth-order valence-corrected chi connectivity index (χ4v) is 4.08. The molecule has 5 rings (SSSR count). The highest BCUT2D eigenvalue weighted by Gasteiger charge is 2.47. The molecule has 0 bridgehead atoms. The first-order valence-electron chi connectivity index (χ1n) is 10.6. The Morgan fingerprint density at radius 3 is 2.77 bits per heavy atom. The van der Waals surface area contributed by atoms with Crippen LogP contribution in [0.1, 0.15) is 31.4 Å². The SMILES string of the molecule is Cc1nc(NCC2CC2)nc(NC2(O)CCC(CO)C2O)c1-c1nc2cnccc2o1. The molecule has 2 saturated carbocycles. The quantitative estimate of drug-likeness (QED) is 0.353. The highest BCUT2D eigenvalue weighted by atomic mass is 16.4.